The van der Waals surface area contributed by atoms with Gasteiger partial charge < -0.3 is 14.9 Å². The smallest absolute Gasteiger partial charge is 0.337 e. The molecule has 0 saturated heterocycles. The van der Waals surface area contributed by atoms with E-state index in [-0.39, 0.29) is 5.75 Å². The van der Waals surface area contributed by atoms with E-state index in [1.165, 1.54) is 31.4 Å². The van der Waals surface area contributed by atoms with Gasteiger partial charge in [-0.2, -0.15) is 0 Å². The molecule has 2 aromatic rings. The van der Waals surface area contributed by atoms with E-state index in [0.29, 0.717) is 11.3 Å². The minimum absolute atomic E-state index is 0.137. The van der Waals surface area contributed by atoms with Crippen molar-refractivity contribution in [3.8, 4) is 11.5 Å². The van der Waals surface area contributed by atoms with Crippen LogP contribution < -0.4 is 0 Å². The molecule has 0 amide bonds. The van der Waals surface area contributed by atoms with Gasteiger partial charge in [0.2, 0.25) is 0 Å². The maximum atomic E-state index is 10.8. The van der Waals surface area contributed by atoms with Crippen molar-refractivity contribution in [1.82, 2.24) is 0 Å². The lowest BCUT2D eigenvalue weighted by Gasteiger charge is -1.97. The summed E-state index contributed by atoms with van der Waals surface area (Å²) < 4.78 is 4.46. The molecule has 4 nitrogen and oxygen atoms in total. The van der Waals surface area contributed by atoms with Crippen LogP contribution in [0.3, 0.4) is 0 Å². The molecule has 0 heterocycles. The maximum Gasteiger partial charge on any atom is 0.337 e. The standard InChI is InChI=1S/C8H8O3.C7H8O/c1-11-8(10)6-2-4-7(9)5-3-6;1-6-3-2-4-7(8)5-6/h2-5,9H,1H3;2-5,8H,1H3. The average molecular weight is 260 g/mol. The third-order valence-corrected chi connectivity index (χ3v) is 2.29. The molecule has 2 N–H and O–H groups in total. The number of esters is 1. The van der Waals surface area contributed by atoms with Gasteiger partial charge in [0.05, 0.1) is 12.7 Å². The van der Waals surface area contributed by atoms with Crippen molar-refractivity contribution < 1.29 is 19.7 Å². The zero-order valence-electron chi connectivity index (χ0n) is 10.8. The zero-order chi connectivity index (χ0) is 14.3. The molecular weight excluding hydrogens is 244 g/mol. The molecule has 0 fully saturated rings. The molecule has 0 saturated carbocycles. The first-order valence-corrected chi connectivity index (χ1v) is 5.66. The molecule has 0 aliphatic rings. The summed E-state index contributed by atoms with van der Waals surface area (Å²) in [5.41, 5.74) is 1.52. The number of aryl methyl sites for hydroxylation is 1. The summed E-state index contributed by atoms with van der Waals surface area (Å²) in [6.07, 6.45) is 0. The van der Waals surface area contributed by atoms with Crippen molar-refractivity contribution in [3.05, 3.63) is 59.7 Å². The summed E-state index contributed by atoms with van der Waals surface area (Å²) in [5, 5.41) is 17.7. The van der Waals surface area contributed by atoms with E-state index < -0.39 is 5.97 Å². The number of benzene rings is 2. The zero-order valence-corrected chi connectivity index (χ0v) is 10.8. The molecule has 0 aliphatic carbocycles. The van der Waals surface area contributed by atoms with Gasteiger partial charge in [-0.05, 0) is 48.9 Å². The molecular formula is C15H16O4. The number of rotatable bonds is 1. The van der Waals surface area contributed by atoms with E-state index in [4.69, 9.17) is 10.2 Å². The number of hydrogen-bond acceptors (Lipinski definition) is 4. The van der Waals surface area contributed by atoms with E-state index in [1.807, 2.05) is 19.1 Å². The number of methoxy groups -OCH3 is 1. The van der Waals surface area contributed by atoms with E-state index in [9.17, 15) is 4.79 Å². The number of carbonyl (C=O) groups is 1. The highest BCUT2D eigenvalue weighted by Gasteiger charge is 2.02. The van der Waals surface area contributed by atoms with Gasteiger partial charge in [-0.15, -0.1) is 0 Å². The number of aromatic hydroxyl groups is 2. The van der Waals surface area contributed by atoms with E-state index in [1.54, 1.807) is 12.1 Å². The topological polar surface area (TPSA) is 66.8 Å². The number of phenols is 2. The van der Waals surface area contributed by atoms with Gasteiger partial charge in [-0.25, -0.2) is 4.79 Å². The van der Waals surface area contributed by atoms with Crippen LogP contribution in [-0.2, 0) is 4.74 Å². The fraction of sp³-hybridized carbons (Fsp3) is 0.133. The molecule has 0 bridgehead atoms. The van der Waals surface area contributed by atoms with Crippen molar-refractivity contribution in [1.29, 1.82) is 0 Å². The molecule has 4 heteroatoms. The van der Waals surface area contributed by atoms with Crippen molar-refractivity contribution in [2.24, 2.45) is 0 Å². The minimum atomic E-state index is -0.398. The number of phenolic OH excluding ortho intramolecular Hbond substituents is 2. The van der Waals surface area contributed by atoms with Crippen molar-refractivity contribution >= 4 is 5.97 Å². The molecule has 19 heavy (non-hydrogen) atoms. The Morgan fingerprint density at radius 2 is 1.63 bits per heavy atom. The third-order valence-electron chi connectivity index (χ3n) is 2.29. The largest absolute Gasteiger partial charge is 0.508 e. The van der Waals surface area contributed by atoms with Gasteiger partial charge in [-0.1, -0.05) is 12.1 Å². The first-order valence-electron chi connectivity index (χ1n) is 5.66. The Kier molecular flexibility index (Phi) is 5.41. The summed E-state index contributed by atoms with van der Waals surface area (Å²) in [7, 11) is 1.31. The van der Waals surface area contributed by atoms with E-state index >= 15 is 0 Å². The summed E-state index contributed by atoms with van der Waals surface area (Å²) in [6.45, 7) is 1.94. The highest BCUT2D eigenvalue weighted by atomic mass is 16.5. The normalized spacial score (nSPS) is 9.16. The molecule has 0 unspecified atom stereocenters. The van der Waals surface area contributed by atoms with Gasteiger partial charge in [0.1, 0.15) is 11.5 Å². The second-order valence-electron chi connectivity index (χ2n) is 3.88. The highest BCUT2D eigenvalue weighted by molar-refractivity contribution is 5.89. The van der Waals surface area contributed by atoms with Crippen LogP contribution in [-0.4, -0.2) is 23.3 Å². The molecule has 0 spiro atoms. The minimum Gasteiger partial charge on any atom is -0.508 e. The van der Waals surface area contributed by atoms with Gasteiger partial charge in [0.15, 0.2) is 0 Å². The first kappa shape index (κ1) is 14.6. The Bertz CT molecular complexity index is 515. The predicted molar refractivity (Wildman–Crippen MR) is 72.3 cm³/mol. The lowest BCUT2D eigenvalue weighted by molar-refractivity contribution is 0.0600. The average Bonchev–Trinajstić information content (AvgIpc) is 2.39. The van der Waals surface area contributed by atoms with Crippen LogP contribution in [0.25, 0.3) is 0 Å². The van der Waals surface area contributed by atoms with Gasteiger partial charge >= 0.3 is 5.97 Å². The van der Waals surface area contributed by atoms with Crippen molar-refractivity contribution in [3.63, 3.8) is 0 Å². The fourth-order valence-corrected chi connectivity index (χ4v) is 1.34. The Labute approximate surface area is 111 Å². The van der Waals surface area contributed by atoms with Crippen LogP contribution >= 0.6 is 0 Å². The van der Waals surface area contributed by atoms with Crippen molar-refractivity contribution in [2.45, 2.75) is 6.92 Å². The van der Waals surface area contributed by atoms with Crippen LogP contribution in [0.5, 0.6) is 11.5 Å². The maximum absolute atomic E-state index is 10.8. The Morgan fingerprint density at radius 1 is 1.00 bits per heavy atom. The monoisotopic (exact) mass is 260 g/mol. The second-order valence-corrected chi connectivity index (χ2v) is 3.88. The number of carbonyl (C=O) groups excluding carboxylic acids is 1. The predicted octanol–water partition coefficient (Wildman–Crippen LogP) is 2.88. The summed E-state index contributed by atoms with van der Waals surface area (Å²) >= 11 is 0. The van der Waals surface area contributed by atoms with Crippen molar-refractivity contribution in [2.75, 3.05) is 7.11 Å². The summed E-state index contributed by atoms with van der Waals surface area (Å²) in [6, 6.07) is 13.0. The van der Waals surface area contributed by atoms with Crippen LogP contribution in [0.15, 0.2) is 48.5 Å². The highest BCUT2D eigenvalue weighted by Crippen LogP contribution is 2.10. The molecule has 100 valence electrons. The summed E-state index contributed by atoms with van der Waals surface area (Å²) in [5.74, 6) is 0.0765. The molecule has 0 aliphatic heterocycles. The van der Waals surface area contributed by atoms with E-state index in [2.05, 4.69) is 4.74 Å². The SMILES string of the molecule is COC(=O)c1ccc(O)cc1.Cc1cccc(O)c1. The fourth-order valence-electron chi connectivity index (χ4n) is 1.34. The lowest BCUT2D eigenvalue weighted by atomic mass is 10.2. The van der Waals surface area contributed by atoms with Gasteiger partial charge in [-0.3, -0.25) is 0 Å². The molecule has 2 aromatic carbocycles. The van der Waals surface area contributed by atoms with Crippen LogP contribution in [0, 0.1) is 6.92 Å². The Morgan fingerprint density at radius 3 is 2.05 bits per heavy atom. The molecule has 2 rings (SSSR count). The lowest BCUT2D eigenvalue weighted by Crippen LogP contribution is -1.99. The number of ether oxygens (including phenoxy) is 1. The Balaban J connectivity index is 0.000000200. The Hall–Kier alpha value is -2.49. The second kappa shape index (κ2) is 7.06. The summed E-state index contributed by atoms with van der Waals surface area (Å²) in [4.78, 5) is 10.8. The molecule has 0 aromatic heterocycles. The molecule has 0 radical (unpaired) electrons. The van der Waals surface area contributed by atoms with E-state index in [0.717, 1.165) is 5.56 Å². The van der Waals surface area contributed by atoms with Gasteiger partial charge in [0.25, 0.3) is 0 Å². The quantitative estimate of drug-likeness (QED) is 0.774. The van der Waals surface area contributed by atoms with Crippen LogP contribution in [0.2, 0.25) is 0 Å². The van der Waals surface area contributed by atoms with Crippen LogP contribution in [0.1, 0.15) is 15.9 Å². The third kappa shape index (κ3) is 5.12. The van der Waals surface area contributed by atoms with Gasteiger partial charge in [0, 0.05) is 0 Å². The number of hydrogen-bond donors (Lipinski definition) is 2. The first-order chi connectivity index (χ1) is 9.02. The molecule has 0 atom stereocenters. The van der Waals surface area contributed by atoms with Crippen LogP contribution in [0.4, 0.5) is 0 Å².